The van der Waals surface area contributed by atoms with Crippen molar-refractivity contribution in [1.29, 1.82) is 0 Å². The Bertz CT molecular complexity index is 1330. The molecule has 0 fully saturated rings. The molecule has 30 heavy (non-hydrogen) atoms. The van der Waals surface area contributed by atoms with Gasteiger partial charge in [-0.2, -0.15) is 0 Å². The molecule has 8 heteroatoms. The molecule has 0 bridgehead atoms. The van der Waals surface area contributed by atoms with Crippen molar-refractivity contribution in [2.45, 2.75) is 0 Å². The van der Waals surface area contributed by atoms with Gasteiger partial charge in [-0.15, -0.1) is 0 Å². The first-order valence-corrected chi connectivity index (χ1v) is 8.93. The van der Waals surface area contributed by atoms with E-state index in [9.17, 15) is 9.59 Å². The number of carbonyl (C=O) groups excluding carboxylic acids is 1. The molecule has 0 amide bonds. The second-order valence-electron chi connectivity index (χ2n) is 6.70. The van der Waals surface area contributed by atoms with Crippen LogP contribution in [0.3, 0.4) is 0 Å². The van der Waals surface area contributed by atoms with Crippen LogP contribution in [0.1, 0.15) is 10.4 Å². The fraction of sp³-hybridized carbons (Fsp3) is 0. The number of fused-ring (bicyclic) bond motifs is 1. The third-order valence-electron chi connectivity index (χ3n) is 4.49. The lowest BCUT2D eigenvalue weighted by Crippen LogP contribution is -2.13. The first-order valence-electron chi connectivity index (χ1n) is 8.93. The molecule has 0 aliphatic heterocycles. The first-order chi connectivity index (χ1) is 14.3. The number of carbonyl (C=O) groups is 1. The third kappa shape index (κ3) is 3.37. The summed E-state index contributed by atoms with van der Waals surface area (Å²) in [5.41, 5.74) is 24.6. The highest BCUT2D eigenvalue weighted by molar-refractivity contribution is 5.97. The van der Waals surface area contributed by atoms with Gasteiger partial charge in [-0.3, -0.25) is 4.79 Å². The maximum absolute atomic E-state index is 12.8. The summed E-state index contributed by atoms with van der Waals surface area (Å²) >= 11 is 0. The normalized spacial score (nSPS) is 10.8. The van der Waals surface area contributed by atoms with Crippen LogP contribution in [0.25, 0.3) is 22.3 Å². The molecular formula is C22H18N4O4. The van der Waals surface area contributed by atoms with Gasteiger partial charge in [-0.1, -0.05) is 30.3 Å². The van der Waals surface area contributed by atoms with Gasteiger partial charge in [0.15, 0.2) is 5.76 Å². The van der Waals surface area contributed by atoms with Crippen molar-refractivity contribution in [1.82, 2.24) is 0 Å². The molecule has 4 aromatic rings. The Morgan fingerprint density at radius 2 is 1.53 bits per heavy atom. The lowest BCUT2D eigenvalue weighted by molar-refractivity contribution is 0.0735. The molecule has 8 nitrogen and oxygen atoms in total. The quantitative estimate of drug-likeness (QED) is 0.231. The molecule has 0 atom stereocenters. The van der Waals surface area contributed by atoms with Crippen molar-refractivity contribution in [2.75, 3.05) is 22.9 Å². The summed E-state index contributed by atoms with van der Waals surface area (Å²) in [5, 5.41) is 0.111. The topological polar surface area (TPSA) is 161 Å². The number of hydrogen-bond donors (Lipinski definition) is 4. The zero-order valence-electron chi connectivity index (χ0n) is 15.7. The van der Waals surface area contributed by atoms with Crippen LogP contribution >= 0.6 is 0 Å². The third-order valence-corrected chi connectivity index (χ3v) is 4.49. The standard InChI is InChI=1S/C22H18N4O4/c23-13-6-12(7-14(24)8-13)22(28)29-15-9-16(25)18-17(10-15)30-21(19(26)20(18)27)11-4-2-1-3-5-11/h1-10H,23-26H2. The highest BCUT2D eigenvalue weighted by atomic mass is 16.5. The SMILES string of the molecule is Nc1cc(N)cc(C(=O)Oc2cc(N)c3c(=O)c(N)c(-c4ccccc4)oc3c2)c1. The predicted octanol–water partition coefficient (Wildman–Crippen LogP) is 3.01. The van der Waals surface area contributed by atoms with Crippen molar-refractivity contribution in [2.24, 2.45) is 0 Å². The van der Waals surface area contributed by atoms with Gasteiger partial charge >= 0.3 is 5.97 Å². The van der Waals surface area contributed by atoms with Gasteiger partial charge < -0.3 is 32.1 Å². The monoisotopic (exact) mass is 402 g/mol. The molecule has 0 saturated carbocycles. The predicted molar refractivity (Wildman–Crippen MR) is 117 cm³/mol. The number of nitrogens with two attached hydrogens (primary N) is 4. The zero-order chi connectivity index (χ0) is 21.4. The highest BCUT2D eigenvalue weighted by Gasteiger charge is 2.18. The molecule has 0 aliphatic rings. The highest BCUT2D eigenvalue weighted by Crippen LogP contribution is 2.32. The summed E-state index contributed by atoms with van der Waals surface area (Å²) < 4.78 is 11.3. The van der Waals surface area contributed by atoms with Gasteiger partial charge in [0.1, 0.15) is 17.0 Å². The van der Waals surface area contributed by atoms with Crippen molar-refractivity contribution in [3.8, 4) is 17.1 Å². The number of esters is 1. The van der Waals surface area contributed by atoms with E-state index in [0.717, 1.165) is 0 Å². The van der Waals surface area contributed by atoms with Crippen LogP contribution in [0.15, 0.2) is 69.9 Å². The summed E-state index contributed by atoms with van der Waals surface area (Å²) in [6.45, 7) is 0. The minimum Gasteiger partial charge on any atom is -0.453 e. The van der Waals surface area contributed by atoms with E-state index in [1.165, 1.54) is 30.3 Å². The molecule has 0 unspecified atom stereocenters. The maximum Gasteiger partial charge on any atom is 0.343 e. The van der Waals surface area contributed by atoms with Crippen LogP contribution in [0, 0.1) is 0 Å². The second-order valence-corrected chi connectivity index (χ2v) is 6.70. The molecule has 8 N–H and O–H groups in total. The average Bonchev–Trinajstić information content (AvgIpc) is 2.70. The van der Waals surface area contributed by atoms with Crippen LogP contribution < -0.4 is 33.1 Å². The van der Waals surface area contributed by atoms with Crippen LogP contribution in [-0.2, 0) is 0 Å². The summed E-state index contributed by atoms with van der Waals surface area (Å²) in [5.74, 6) is -0.383. The number of rotatable bonds is 3. The summed E-state index contributed by atoms with van der Waals surface area (Å²) in [6, 6.07) is 16.1. The minimum atomic E-state index is -0.686. The molecule has 1 heterocycles. The molecular weight excluding hydrogens is 384 g/mol. The molecule has 3 aromatic carbocycles. The summed E-state index contributed by atoms with van der Waals surface area (Å²) in [7, 11) is 0. The lowest BCUT2D eigenvalue weighted by atomic mass is 10.1. The van der Waals surface area contributed by atoms with Gasteiger partial charge in [-0.05, 0) is 18.2 Å². The summed E-state index contributed by atoms with van der Waals surface area (Å²) in [4.78, 5) is 25.3. The first kappa shape index (κ1) is 18.9. The molecule has 0 radical (unpaired) electrons. The number of nitrogen functional groups attached to an aromatic ring is 4. The Kier molecular flexibility index (Phi) is 4.51. The van der Waals surface area contributed by atoms with Gasteiger partial charge in [0.25, 0.3) is 0 Å². The Morgan fingerprint density at radius 3 is 2.20 bits per heavy atom. The maximum atomic E-state index is 12.8. The van der Waals surface area contributed by atoms with E-state index in [1.54, 1.807) is 24.3 Å². The lowest BCUT2D eigenvalue weighted by Gasteiger charge is -2.11. The van der Waals surface area contributed by atoms with E-state index in [-0.39, 0.29) is 39.4 Å². The van der Waals surface area contributed by atoms with E-state index in [0.29, 0.717) is 16.9 Å². The van der Waals surface area contributed by atoms with Gasteiger partial charge in [-0.25, -0.2) is 4.79 Å². The largest absolute Gasteiger partial charge is 0.453 e. The molecule has 0 saturated heterocycles. The van der Waals surface area contributed by atoms with Crippen LogP contribution in [-0.4, -0.2) is 5.97 Å². The fourth-order valence-electron chi connectivity index (χ4n) is 3.16. The van der Waals surface area contributed by atoms with E-state index in [2.05, 4.69) is 0 Å². The number of anilines is 4. The van der Waals surface area contributed by atoms with Crippen LogP contribution in [0.4, 0.5) is 22.7 Å². The van der Waals surface area contributed by atoms with E-state index in [1.807, 2.05) is 6.07 Å². The van der Waals surface area contributed by atoms with E-state index < -0.39 is 11.4 Å². The molecule has 0 spiro atoms. The summed E-state index contributed by atoms with van der Waals surface area (Å²) in [6.07, 6.45) is 0. The minimum absolute atomic E-state index is 0.0552. The fourth-order valence-corrected chi connectivity index (χ4v) is 3.16. The number of benzene rings is 3. The number of hydrogen-bond acceptors (Lipinski definition) is 8. The van der Waals surface area contributed by atoms with Crippen LogP contribution in [0.5, 0.6) is 5.75 Å². The molecule has 0 aliphatic carbocycles. The van der Waals surface area contributed by atoms with Crippen molar-refractivity contribution < 1.29 is 13.9 Å². The molecule has 150 valence electrons. The van der Waals surface area contributed by atoms with Crippen LogP contribution in [0.2, 0.25) is 0 Å². The van der Waals surface area contributed by atoms with Gasteiger partial charge in [0.2, 0.25) is 5.43 Å². The van der Waals surface area contributed by atoms with Gasteiger partial charge in [0.05, 0.1) is 16.6 Å². The Hall–Kier alpha value is -4.46. The van der Waals surface area contributed by atoms with Crippen molar-refractivity contribution in [3.63, 3.8) is 0 Å². The van der Waals surface area contributed by atoms with Gasteiger partial charge in [0, 0.05) is 29.1 Å². The van der Waals surface area contributed by atoms with Crippen molar-refractivity contribution in [3.05, 3.63) is 76.5 Å². The average molecular weight is 402 g/mol. The van der Waals surface area contributed by atoms with Crippen molar-refractivity contribution >= 4 is 39.7 Å². The van der Waals surface area contributed by atoms with E-state index >= 15 is 0 Å². The Labute approximate surface area is 170 Å². The Morgan fingerprint density at radius 1 is 0.867 bits per heavy atom. The zero-order valence-corrected chi connectivity index (χ0v) is 15.7. The molecule has 4 rings (SSSR count). The van der Waals surface area contributed by atoms with E-state index in [4.69, 9.17) is 32.1 Å². The smallest absolute Gasteiger partial charge is 0.343 e. The number of ether oxygens (including phenoxy) is 1. The Balaban J connectivity index is 1.80. The molecule has 1 aromatic heterocycles. The second kappa shape index (κ2) is 7.17.